The Balaban J connectivity index is 1.42. The van der Waals surface area contributed by atoms with Crippen LogP contribution in [0, 0.1) is 0 Å². The van der Waals surface area contributed by atoms with Crippen molar-refractivity contribution in [3.63, 3.8) is 0 Å². The number of hydrogen-bond acceptors (Lipinski definition) is 6. The Hall–Kier alpha value is -3.14. The lowest BCUT2D eigenvalue weighted by atomic mass is 10.2. The number of aromatic nitrogens is 4. The molecule has 29 heavy (non-hydrogen) atoms. The second-order valence-electron chi connectivity index (χ2n) is 6.60. The fraction of sp³-hybridized carbons (Fsp3) is 0.263. The molecule has 0 saturated carbocycles. The van der Waals surface area contributed by atoms with Crippen molar-refractivity contribution in [2.24, 2.45) is 0 Å². The van der Waals surface area contributed by atoms with Crippen LogP contribution < -0.4 is 5.56 Å². The molecule has 1 saturated heterocycles. The van der Waals surface area contributed by atoms with Gasteiger partial charge in [-0.2, -0.15) is 0 Å². The quantitative estimate of drug-likeness (QED) is 0.580. The van der Waals surface area contributed by atoms with E-state index in [0.717, 1.165) is 4.47 Å². The fourth-order valence-corrected chi connectivity index (χ4v) is 3.58. The van der Waals surface area contributed by atoms with Crippen LogP contribution in [0.4, 0.5) is 0 Å². The van der Waals surface area contributed by atoms with E-state index in [2.05, 4.69) is 30.9 Å². The van der Waals surface area contributed by atoms with Crippen LogP contribution in [-0.2, 0) is 11.3 Å². The first-order valence-corrected chi connectivity index (χ1v) is 9.80. The van der Waals surface area contributed by atoms with Crippen molar-refractivity contribution in [1.29, 1.82) is 0 Å². The van der Waals surface area contributed by atoms with Gasteiger partial charge in [0.1, 0.15) is 12.2 Å². The molecule has 1 aromatic carbocycles. The Labute approximate surface area is 174 Å². The first-order chi connectivity index (χ1) is 14.0. The number of fused-ring (bicyclic) bond motifs is 1. The van der Waals surface area contributed by atoms with Crippen LogP contribution >= 0.6 is 15.9 Å². The third-order valence-electron chi connectivity index (χ3n) is 4.79. The Bertz CT molecular complexity index is 1130. The molecule has 1 aliphatic heterocycles. The summed E-state index contributed by atoms with van der Waals surface area (Å²) < 4.78 is 2.09. The Kier molecular flexibility index (Phi) is 5.34. The van der Waals surface area contributed by atoms with Crippen LogP contribution in [0.25, 0.3) is 10.9 Å². The number of halogens is 1. The minimum atomic E-state index is -0.263. The first kappa shape index (κ1) is 19.2. The summed E-state index contributed by atoms with van der Waals surface area (Å²) in [4.78, 5) is 53.2. The number of piperazine rings is 1. The summed E-state index contributed by atoms with van der Waals surface area (Å²) in [7, 11) is 0. The number of rotatable bonds is 3. The zero-order valence-corrected chi connectivity index (χ0v) is 16.9. The van der Waals surface area contributed by atoms with Gasteiger partial charge in [-0.05, 0) is 18.2 Å². The molecule has 9 nitrogen and oxygen atoms in total. The minimum absolute atomic E-state index is 0.0909. The van der Waals surface area contributed by atoms with Gasteiger partial charge in [0.15, 0.2) is 0 Å². The number of carbonyl (C=O) groups excluding carboxylic acids is 2. The number of amides is 2. The maximum absolute atomic E-state index is 12.7. The summed E-state index contributed by atoms with van der Waals surface area (Å²) in [5.74, 6) is -0.388. The standard InChI is InChI=1S/C19H17BrN6O3/c20-13-1-2-15-14(9-13)18(28)26(12-23-15)11-17(27)24-5-7-25(8-6-24)19(29)16-10-21-3-4-22-16/h1-4,9-10,12H,5-8,11H2. The van der Waals surface area contributed by atoms with Crippen LogP contribution in [-0.4, -0.2) is 67.3 Å². The molecule has 1 fully saturated rings. The highest BCUT2D eigenvalue weighted by Crippen LogP contribution is 2.15. The van der Waals surface area contributed by atoms with Crippen LogP contribution in [0.1, 0.15) is 10.5 Å². The van der Waals surface area contributed by atoms with Gasteiger partial charge in [-0.3, -0.25) is 23.9 Å². The molecule has 0 N–H and O–H groups in total. The Morgan fingerprint density at radius 3 is 2.52 bits per heavy atom. The van der Waals surface area contributed by atoms with Crippen molar-refractivity contribution >= 4 is 38.6 Å². The number of hydrogen-bond donors (Lipinski definition) is 0. The molecule has 4 rings (SSSR count). The molecule has 3 aromatic rings. The van der Waals surface area contributed by atoms with E-state index >= 15 is 0 Å². The molecule has 3 heterocycles. The van der Waals surface area contributed by atoms with Crippen LogP contribution in [0.3, 0.4) is 0 Å². The summed E-state index contributed by atoms with van der Waals surface area (Å²) in [5, 5.41) is 0.453. The van der Waals surface area contributed by atoms with Crippen molar-refractivity contribution in [2.75, 3.05) is 26.2 Å². The van der Waals surface area contributed by atoms with E-state index in [1.807, 2.05) is 6.07 Å². The molecule has 148 valence electrons. The normalized spacial score (nSPS) is 14.2. The zero-order chi connectivity index (χ0) is 20.4. The topological polar surface area (TPSA) is 101 Å². The smallest absolute Gasteiger partial charge is 0.274 e. The highest BCUT2D eigenvalue weighted by atomic mass is 79.9. The van der Waals surface area contributed by atoms with Gasteiger partial charge in [-0.25, -0.2) is 9.97 Å². The molecule has 0 aliphatic carbocycles. The van der Waals surface area contributed by atoms with Gasteiger partial charge < -0.3 is 9.80 Å². The van der Waals surface area contributed by atoms with Crippen molar-refractivity contribution in [3.05, 3.63) is 63.6 Å². The molecular weight excluding hydrogens is 440 g/mol. The lowest BCUT2D eigenvalue weighted by molar-refractivity contribution is -0.133. The molecule has 0 atom stereocenters. The summed E-state index contributed by atoms with van der Waals surface area (Å²) in [5.41, 5.74) is 0.603. The molecule has 0 radical (unpaired) electrons. The minimum Gasteiger partial charge on any atom is -0.338 e. The van der Waals surface area contributed by atoms with Crippen LogP contribution in [0.5, 0.6) is 0 Å². The fourth-order valence-electron chi connectivity index (χ4n) is 3.22. The third kappa shape index (κ3) is 4.02. The van der Waals surface area contributed by atoms with Gasteiger partial charge in [0.2, 0.25) is 5.91 Å². The van der Waals surface area contributed by atoms with Crippen molar-refractivity contribution < 1.29 is 9.59 Å². The predicted molar refractivity (Wildman–Crippen MR) is 108 cm³/mol. The Morgan fingerprint density at radius 1 is 1.03 bits per heavy atom. The maximum atomic E-state index is 12.7. The molecule has 10 heteroatoms. The highest BCUT2D eigenvalue weighted by Gasteiger charge is 2.25. The lowest BCUT2D eigenvalue weighted by Crippen LogP contribution is -2.51. The average molecular weight is 457 g/mol. The van der Waals surface area contributed by atoms with Crippen molar-refractivity contribution in [3.8, 4) is 0 Å². The van der Waals surface area contributed by atoms with E-state index in [0.29, 0.717) is 37.1 Å². The van der Waals surface area contributed by atoms with E-state index in [-0.39, 0.29) is 29.6 Å². The van der Waals surface area contributed by atoms with E-state index in [4.69, 9.17) is 0 Å². The molecule has 2 amide bonds. The summed E-state index contributed by atoms with van der Waals surface area (Å²) >= 11 is 3.35. The number of benzene rings is 1. The number of nitrogens with zero attached hydrogens (tertiary/aromatic N) is 6. The van der Waals surface area contributed by atoms with Crippen molar-refractivity contribution in [1.82, 2.24) is 29.3 Å². The van der Waals surface area contributed by atoms with E-state index in [1.165, 1.54) is 29.5 Å². The van der Waals surface area contributed by atoms with Crippen molar-refractivity contribution in [2.45, 2.75) is 6.54 Å². The summed E-state index contributed by atoms with van der Waals surface area (Å²) in [6.45, 7) is 1.50. The van der Waals surface area contributed by atoms with Gasteiger partial charge in [0, 0.05) is 43.0 Å². The van der Waals surface area contributed by atoms with Gasteiger partial charge in [0.05, 0.1) is 23.4 Å². The maximum Gasteiger partial charge on any atom is 0.274 e. The first-order valence-electron chi connectivity index (χ1n) is 9.01. The lowest BCUT2D eigenvalue weighted by Gasteiger charge is -2.34. The molecule has 0 bridgehead atoms. The predicted octanol–water partition coefficient (Wildman–Crippen LogP) is 0.934. The molecular formula is C19H17BrN6O3. The van der Waals surface area contributed by atoms with Gasteiger partial charge in [-0.15, -0.1) is 0 Å². The zero-order valence-electron chi connectivity index (χ0n) is 15.4. The van der Waals surface area contributed by atoms with E-state index in [9.17, 15) is 14.4 Å². The van der Waals surface area contributed by atoms with Gasteiger partial charge in [0.25, 0.3) is 11.5 Å². The SMILES string of the molecule is O=C(Cn1cnc2ccc(Br)cc2c1=O)N1CCN(C(=O)c2cnccn2)CC1. The summed E-state index contributed by atoms with van der Waals surface area (Å²) in [6.07, 6.45) is 5.80. The second kappa shape index (κ2) is 8.08. The van der Waals surface area contributed by atoms with E-state index < -0.39 is 0 Å². The molecule has 1 aliphatic rings. The average Bonchev–Trinajstić information content (AvgIpc) is 2.76. The summed E-state index contributed by atoms with van der Waals surface area (Å²) in [6, 6.07) is 5.26. The highest BCUT2D eigenvalue weighted by molar-refractivity contribution is 9.10. The van der Waals surface area contributed by atoms with Crippen LogP contribution in [0.2, 0.25) is 0 Å². The molecule has 0 spiro atoms. The van der Waals surface area contributed by atoms with E-state index in [1.54, 1.807) is 21.9 Å². The number of carbonyl (C=O) groups is 2. The third-order valence-corrected chi connectivity index (χ3v) is 5.29. The largest absolute Gasteiger partial charge is 0.338 e. The Morgan fingerprint density at radius 2 is 1.79 bits per heavy atom. The van der Waals surface area contributed by atoms with Crippen LogP contribution in [0.15, 0.2) is 52.4 Å². The monoisotopic (exact) mass is 456 g/mol. The van der Waals surface area contributed by atoms with Gasteiger partial charge >= 0.3 is 0 Å². The van der Waals surface area contributed by atoms with Gasteiger partial charge in [-0.1, -0.05) is 15.9 Å². The molecule has 0 unspecified atom stereocenters. The second-order valence-corrected chi connectivity index (χ2v) is 7.52. The molecule has 2 aromatic heterocycles.